The highest BCUT2D eigenvalue weighted by atomic mass is 19.1. The van der Waals surface area contributed by atoms with Crippen molar-refractivity contribution in [2.75, 3.05) is 20.6 Å². The van der Waals surface area contributed by atoms with Crippen molar-refractivity contribution >= 4 is 22.7 Å². The van der Waals surface area contributed by atoms with E-state index < -0.39 is 0 Å². The van der Waals surface area contributed by atoms with Gasteiger partial charge in [-0.2, -0.15) is 0 Å². The van der Waals surface area contributed by atoms with E-state index in [1.54, 1.807) is 26.2 Å². The van der Waals surface area contributed by atoms with Gasteiger partial charge in [0, 0.05) is 37.1 Å². The summed E-state index contributed by atoms with van der Waals surface area (Å²) in [4.78, 5) is 28.6. The number of likely N-dealkylation sites (N-methyl/N-ethyl adjacent to an activating group) is 1. The van der Waals surface area contributed by atoms with Crippen LogP contribution in [0.4, 0.5) is 4.39 Å². The highest BCUT2D eigenvalue weighted by molar-refractivity contribution is 5.91. The Morgan fingerprint density at radius 1 is 1.07 bits per heavy atom. The van der Waals surface area contributed by atoms with Crippen LogP contribution in [0.15, 0.2) is 48.5 Å². The minimum Gasteiger partial charge on any atom is -0.354 e. The number of amides is 2. The smallest absolute Gasteiger partial charge is 0.241 e. The lowest BCUT2D eigenvalue weighted by molar-refractivity contribution is -0.130. The van der Waals surface area contributed by atoms with E-state index in [2.05, 4.69) is 10.3 Å². The molecule has 0 bridgehead atoms. The molecule has 2 N–H and O–H groups in total. The molecule has 2 aromatic carbocycles. The van der Waals surface area contributed by atoms with Gasteiger partial charge in [0.25, 0.3) is 0 Å². The van der Waals surface area contributed by atoms with Crippen molar-refractivity contribution in [1.29, 1.82) is 0 Å². The first-order valence-corrected chi connectivity index (χ1v) is 8.78. The maximum Gasteiger partial charge on any atom is 0.241 e. The molecule has 3 rings (SSSR count). The van der Waals surface area contributed by atoms with Crippen LogP contribution in [0.25, 0.3) is 22.2 Å². The topological polar surface area (TPSA) is 65.2 Å². The number of carbonyl (C=O) groups is 2. The number of fused-ring (bicyclic) bond motifs is 1. The van der Waals surface area contributed by atoms with E-state index in [1.807, 2.05) is 24.3 Å². The summed E-state index contributed by atoms with van der Waals surface area (Å²) < 4.78 is 13.3. The van der Waals surface area contributed by atoms with Gasteiger partial charge in [-0.1, -0.05) is 18.2 Å². The third-order valence-corrected chi connectivity index (χ3v) is 4.48. The predicted octanol–water partition coefficient (Wildman–Crippen LogP) is 3.11. The molecule has 6 heteroatoms. The van der Waals surface area contributed by atoms with Crippen molar-refractivity contribution in [3.8, 4) is 11.3 Å². The van der Waals surface area contributed by atoms with Gasteiger partial charge in [0.05, 0.1) is 6.54 Å². The lowest BCUT2D eigenvalue weighted by Gasteiger charge is -2.11. The van der Waals surface area contributed by atoms with Gasteiger partial charge in [-0.3, -0.25) is 9.59 Å². The lowest BCUT2D eigenvalue weighted by atomic mass is 10.0. The number of carbonyl (C=O) groups excluding carboxylic acids is 2. The first-order valence-electron chi connectivity index (χ1n) is 8.78. The van der Waals surface area contributed by atoms with Crippen LogP contribution in [0.3, 0.4) is 0 Å². The number of aryl methyl sites for hydroxylation is 1. The Hall–Kier alpha value is -3.15. The quantitative estimate of drug-likeness (QED) is 0.703. The van der Waals surface area contributed by atoms with Crippen molar-refractivity contribution in [3.63, 3.8) is 0 Å². The molecule has 0 unspecified atom stereocenters. The predicted molar refractivity (Wildman–Crippen MR) is 104 cm³/mol. The molecule has 5 nitrogen and oxygen atoms in total. The third-order valence-electron chi connectivity index (χ3n) is 4.48. The van der Waals surface area contributed by atoms with Crippen LogP contribution in [0.1, 0.15) is 12.0 Å². The van der Waals surface area contributed by atoms with Gasteiger partial charge in [0.15, 0.2) is 0 Å². The van der Waals surface area contributed by atoms with Crippen molar-refractivity contribution in [3.05, 3.63) is 59.9 Å². The lowest BCUT2D eigenvalue weighted by Crippen LogP contribution is -2.36. The van der Waals surface area contributed by atoms with Crippen LogP contribution >= 0.6 is 0 Å². The van der Waals surface area contributed by atoms with E-state index >= 15 is 0 Å². The number of nitrogens with zero attached hydrogens (tertiary/aromatic N) is 1. The fourth-order valence-corrected chi connectivity index (χ4v) is 2.98. The fraction of sp³-hybridized carbons (Fsp3) is 0.238. The summed E-state index contributed by atoms with van der Waals surface area (Å²) >= 11 is 0. The second-order valence-electron chi connectivity index (χ2n) is 6.60. The van der Waals surface area contributed by atoms with Gasteiger partial charge < -0.3 is 15.2 Å². The van der Waals surface area contributed by atoms with Crippen molar-refractivity contribution in [1.82, 2.24) is 15.2 Å². The SMILES string of the molecule is CN(C)C(=O)CNC(=O)CCc1c(-c2ccc(F)cc2)[nH]c2ccccc12. The van der Waals surface area contributed by atoms with E-state index in [-0.39, 0.29) is 30.6 Å². The molecule has 0 aliphatic carbocycles. The van der Waals surface area contributed by atoms with Crippen LogP contribution in [0.5, 0.6) is 0 Å². The number of para-hydroxylation sites is 1. The number of H-pyrrole nitrogens is 1. The molecule has 140 valence electrons. The molecule has 27 heavy (non-hydrogen) atoms. The van der Waals surface area contributed by atoms with E-state index in [0.717, 1.165) is 27.7 Å². The molecule has 3 aromatic rings. The fourth-order valence-electron chi connectivity index (χ4n) is 2.98. The van der Waals surface area contributed by atoms with Crippen molar-refractivity contribution in [2.45, 2.75) is 12.8 Å². The molecule has 1 aromatic heterocycles. The summed E-state index contributed by atoms with van der Waals surface area (Å²) in [6, 6.07) is 14.1. The number of halogens is 1. The number of hydrogen-bond acceptors (Lipinski definition) is 2. The largest absolute Gasteiger partial charge is 0.354 e. The monoisotopic (exact) mass is 367 g/mol. The average Bonchev–Trinajstić information content (AvgIpc) is 3.03. The molecule has 2 amide bonds. The Labute approximate surface area is 157 Å². The Morgan fingerprint density at radius 2 is 1.78 bits per heavy atom. The molecule has 0 spiro atoms. The van der Waals surface area contributed by atoms with Crippen molar-refractivity contribution in [2.24, 2.45) is 0 Å². The van der Waals surface area contributed by atoms with Crippen LogP contribution in [-0.2, 0) is 16.0 Å². The molecule has 1 heterocycles. The molecule has 0 fully saturated rings. The summed E-state index contributed by atoms with van der Waals surface area (Å²) in [7, 11) is 3.30. The molecule has 0 aliphatic rings. The Morgan fingerprint density at radius 3 is 2.48 bits per heavy atom. The second-order valence-corrected chi connectivity index (χ2v) is 6.60. The average molecular weight is 367 g/mol. The summed E-state index contributed by atoms with van der Waals surface area (Å²) in [6.07, 6.45) is 0.773. The summed E-state index contributed by atoms with van der Waals surface area (Å²) in [6.45, 7) is -0.00939. The number of aromatic nitrogens is 1. The zero-order chi connectivity index (χ0) is 19.4. The van der Waals surface area contributed by atoms with Crippen LogP contribution < -0.4 is 5.32 Å². The first kappa shape index (κ1) is 18.6. The Bertz CT molecular complexity index is 961. The van der Waals surface area contributed by atoms with Crippen LogP contribution in [0.2, 0.25) is 0 Å². The van der Waals surface area contributed by atoms with Gasteiger partial charge in [0.2, 0.25) is 11.8 Å². The molecule has 0 radical (unpaired) electrons. The van der Waals surface area contributed by atoms with Gasteiger partial charge >= 0.3 is 0 Å². The molecule has 0 atom stereocenters. The summed E-state index contributed by atoms with van der Waals surface area (Å²) in [5.74, 6) is -0.621. The van der Waals surface area contributed by atoms with E-state index in [4.69, 9.17) is 0 Å². The van der Waals surface area contributed by atoms with Crippen molar-refractivity contribution < 1.29 is 14.0 Å². The third kappa shape index (κ3) is 4.34. The van der Waals surface area contributed by atoms with E-state index in [9.17, 15) is 14.0 Å². The molecule has 0 saturated carbocycles. The van der Waals surface area contributed by atoms with Gasteiger partial charge in [-0.05, 0) is 47.9 Å². The Balaban J connectivity index is 1.80. The minimum absolute atomic E-state index is 0.00939. The molecule has 0 saturated heterocycles. The summed E-state index contributed by atoms with van der Waals surface area (Å²) in [5, 5.41) is 3.69. The van der Waals surface area contributed by atoms with Gasteiger partial charge in [-0.15, -0.1) is 0 Å². The number of hydrogen-bond donors (Lipinski definition) is 2. The number of nitrogens with one attached hydrogen (secondary N) is 2. The summed E-state index contributed by atoms with van der Waals surface area (Å²) in [5.41, 5.74) is 3.72. The molecule has 0 aliphatic heterocycles. The molecular formula is C21H22FN3O2. The maximum atomic E-state index is 13.3. The maximum absolute atomic E-state index is 13.3. The standard InChI is InChI=1S/C21H22FN3O2/c1-25(2)20(27)13-23-19(26)12-11-17-16-5-3-4-6-18(16)24-21(17)14-7-9-15(22)10-8-14/h3-10,24H,11-13H2,1-2H3,(H,23,26). The Kier molecular flexibility index (Phi) is 5.54. The molecular weight excluding hydrogens is 345 g/mol. The zero-order valence-corrected chi connectivity index (χ0v) is 15.4. The normalized spacial score (nSPS) is 10.8. The number of benzene rings is 2. The second kappa shape index (κ2) is 8.03. The highest BCUT2D eigenvalue weighted by Gasteiger charge is 2.15. The van der Waals surface area contributed by atoms with E-state index in [1.165, 1.54) is 17.0 Å². The highest BCUT2D eigenvalue weighted by Crippen LogP contribution is 2.31. The zero-order valence-electron chi connectivity index (χ0n) is 15.4. The van der Waals surface area contributed by atoms with E-state index in [0.29, 0.717) is 6.42 Å². The minimum atomic E-state index is -0.290. The first-order chi connectivity index (χ1) is 13.0. The number of aromatic amines is 1. The number of rotatable bonds is 6. The van der Waals surface area contributed by atoms with Gasteiger partial charge in [-0.25, -0.2) is 4.39 Å². The van der Waals surface area contributed by atoms with Crippen LogP contribution in [0, 0.1) is 5.82 Å². The van der Waals surface area contributed by atoms with Gasteiger partial charge in [0.1, 0.15) is 5.82 Å². The van der Waals surface area contributed by atoms with Crippen LogP contribution in [-0.4, -0.2) is 42.3 Å².